The van der Waals surface area contributed by atoms with Crippen LogP contribution >= 0.6 is 0 Å². The highest BCUT2D eigenvalue weighted by Crippen LogP contribution is 2.33. The van der Waals surface area contributed by atoms with Crippen molar-refractivity contribution in [1.29, 1.82) is 0 Å². The maximum absolute atomic E-state index is 12.9. The third-order valence-corrected chi connectivity index (χ3v) is 5.07. The van der Waals surface area contributed by atoms with Crippen LogP contribution in [-0.4, -0.2) is 22.7 Å². The number of alkyl halides is 3. The van der Waals surface area contributed by atoms with E-state index in [2.05, 4.69) is 18.8 Å². The quantitative estimate of drug-likeness (QED) is 0.374. The fraction of sp³-hybridized carbons (Fsp3) is 0.308. The number of halogens is 3. The Hall–Kier alpha value is -3.55. The van der Waals surface area contributed by atoms with Gasteiger partial charge in [0, 0.05) is 5.56 Å². The molecule has 3 aromatic rings. The van der Waals surface area contributed by atoms with Gasteiger partial charge < -0.3 is 14.6 Å². The van der Waals surface area contributed by atoms with Gasteiger partial charge in [-0.05, 0) is 67.3 Å². The lowest BCUT2D eigenvalue weighted by Gasteiger charge is -2.22. The molecule has 0 spiro atoms. The molecule has 8 heteroatoms. The Morgan fingerprint density at radius 3 is 2.35 bits per heavy atom. The summed E-state index contributed by atoms with van der Waals surface area (Å²) in [7, 11) is 0. The SMILES string of the molecule is Cc1cc(OC(CC(C)C)c2cccc(-c3ccc(C(F)(F)F)cc3)n2)ccc1OCC(=O)O. The third kappa shape index (κ3) is 6.73. The predicted octanol–water partition coefficient (Wildman–Crippen LogP) is 6.71. The summed E-state index contributed by atoms with van der Waals surface area (Å²) < 4.78 is 50.2. The monoisotopic (exact) mass is 473 g/mol. The number of carbonyl (C=O) groups is 1. The van der Waals surface area contributed by atoms with E-state index in [0.717, 1.165) is 17.7 Å². The number of rotatable bonds is 9. The van der Waals surface area contributed by atoms with Crippen molar-refractivity contribution in [3.63, 3.8) is 0 Å². The molecular weight excluding hydrogens is 447 g/mol. The van der Waals surface area contributed by atoms with Crippen molar-refractivity contribution >= 4 is 5.97 Å². The minimum absolute atomic E-state index is 0.292. The maximum Gasteiger partial charge on any atom is 0.416 e. The van der Waals surface area contributed by atoms with Crippen LogP contribution in [0.3, 0.4) is 0 Å². The minimum atomic E-state index is -4.39. The van der Waals surface area contributed by atoms with Gasteiger partial charge in [-0.25, -0.2) is 9.78 Å². The van der Waals surface area contributed by atoms with Crippen molar-refractivity contribution in [2.45, 2.75) is 39.5 Å². The van der Waals surface area contributed by atoms with Crippen LogP contribution in [0.1, 0.15) is 43.2 Å². The molecule has 3 rings (SSSR count). The van der Waals surface area contributed by atoms with Crippen LogP contribution in [0.2, 0.25) is 0 Å². The van der Waals surface area contributed by atoms with Crippen molar-refractivity contribution in [3.05, 3.63) is 77.5 Å². The van der Waals surface area contributed by atoms with E-state index in [9.17, 15) is 18.0 Å². The number of aliphatic carboxylic acids is 1. The van der Waals surface area contributed by atoms with E-state index in [0.29, 0.717) is 40.8 Å². The van der Waals surface area contributed by atoms with Gasteiger partial charge >= 0.3 is 12.1 Å². The van der Waals surface area contributed by atoms with Gasteiger partial charge in [0.1, 0.15) is 17.6 Å². The van der Waals surface area contributed by atoms with Gasteiger partial charge in [-0.15, -0.1) is 0 Å². The lowest BCUT2D eigenvalue weighted by atomic mass is 10.0. The first-order chi connectivity index (χ1) is 16.0. The summed E-state index contributed by atoms with van der Waals surface area (Å²) >= 11 is 0. The van der Waals surface area contributed by atoms with Gasteiger partial charge in [0.2, 0.25) is 0 Å². The molecule has 0 fully saturated rings. The average Bonchev–Trinajstić information content (AvgIpc) is 2.77. The van der Waals surface area contributed by atoms with E-state index in [1.54, 1.807) is 37.3 Å². The summed E-state index contributed by atoms with van der Waals surface area (Å²) in [6.07, 6.45) is -4.12. The number of hydrogen-bond donors (Lipinski definition) is 1. The number of aryl methyl sites for hydroxylation is 1. The molecule has 0 saturated heterocycles. The second kappa shape index (κ2) is 10.6. The predicted molar refractivity (Wildman–Crippen MR) is 122 cm³/mol. The molecule has 0 radical (unpaired) electrons. The molecule has 1 unspecified atom stereocenters. The van der Waals surface area contributed by atoms with Crippen LogP contribution in [0.25, 0.3) is 11.3 Å². The summed E-state index contributed by atoms with van der Waals surface area (Å²) in [6, 6.07) is 15.4. The molecule has 1 atom stereocenters. The molecule has 0 aliphatic rings. The number of carboxylic acid groups (broad SMARTS) is 1. The van der Waals surface area contributed by atoms with Gasteiger partial charge in [-0.1, -0.05) is 32.0 Å². The topological polar surface area (TPSA) is 68.7 Å². The van der Waals surface area contributed by atoms with Gasteiger partial charge in [0.15, 0.2) is 6.61 Å². The second-order valence-electron chi connectivity index (χ2n) is 8.37. The van der Waals surface area contributed by atoms with E-state index in [1.165, 1.54) is 12.1 Å². The molecule has 0 bridgehead atoms. The average molecular weight is 473 g/mol. The number of aromatic nitrogens is 1. The highest BCUT2D eigenvalue weighted by atomic mass is 19.4. The third-order valence-electron chi connectivity index (χ3n) is 5.07. The van der Waals surface area contributed by atoms with Crippen LogP contribution in [0, 0.1) is 12.8 Å². The summed E-state index contributed by atoms with van der Waals surface area (Å²) in [5, 5.41) is 8.80. The molecule has 180 valence electrons. The van der Waals surface area contributed by atoms with Crippen molar-refractivity contribution in [1.82, 2.24) is 4.98 Å². The maximum atomic E-state index is 12.9. The fourth-order valence-corrected chi connectivity index (χ4v) is 3.44. The first kappa shape index (κ1) is 25.1. The van der Waals surface area contributed by atoms with Gasteiger partial charge in [-0.2, -0.15) is 13.2 Å². The molecule has 0 saturated carbocycles. The Labute approximate surface area is 196 Å². The van der Waals surface area contributed by atoms with Crippen molar-refractivity contribution < 1.29 is 32.5 Å². The van der Waals surface area contributed by atoms with Crippen molar-refractivity contribution in [2.75, 3.05) is 6.61 Å². The zero-order valence-corrected chi connectivity index (χ0v) is 19.1. The van der Waals surface area contributed by atoms with Gasteiger partial charge in [0.05, 0.1) is 17.0 Å². The van der Waals surface area contributed by atoms with Crippen molar-refractivity contribution in [3.8, 4) is 22.8 Å². The zero-order chi connectivity index (χ0) is 24.9. The van der Waals surface area contributed by atoms with E-state index in [-0.39, 0.29) is 6.10 Å². The Balaban J connectivity index is 1.84. The number of ether oxygens (including phenoxy) is 2. The normalized spacial score (nSPS) is 12.4. The number of carboxylic acids is 1. The Kier molecular flexibility index (Phi) is 7.81. The molecular formula is C26H26F3NO4. The summed E-state index contributed by atoms with van der Waals surface area (Å²) in [4.78, 5) is 15.4. The zero-order valence-electron chi connectivity index (χ0n) is 19.1. The van der Waals surface area contributed by atoms with Crippen LogP contribution < -0.4 is 9.47 Å². The molecule has 0 aliphatic heterocycles. The highest BCUT2D eigenvalue weighted by molar-refractivity contribution is 5.68. The second-order valence-corrected chi connectivity index (χ2v) is 8.37. The van der Waals surface area contributed by atoms with E-state index in [4.69, 9.17) is 14.6 Å². The first-order valence-corrected chi connectivity index (χ1v) is 10.8. The summed E-state index contributed by atoms with van der Waals surface area (Å²) in [5.41, 5.74) is 1.81. The number of nitrogens with zero attached hydrogens (tertiary/aromatic N) is 1. The standard InChI is InChI=1S/C26H26F3NO4/c1-16(2)13-24(34-20-11-12-23(17(3)14-20)33-15-25(31)32)22-6-4-5-21(30-22)18-7-9-19(10-8-18)26(27,28)29/h4-12,14,16,24H,13,15H2,1-3H3,(H,31,32). The van der Waals surface area contributed by atoms with Crippen LogP contribution in [0.5, 0.6) is 11.5 Å². The molecule has 1 N–H and O–H groups in total. The van der Waals surface area contributed by atoms with Gasteiger partial charge in [0.25, 0.3) is 0 Å². The summed E-state index contributed by atoms with van der Waals surface area (Å²) in [5.74, 6) is 0.265. The molecule has 34 heavy (non-hydrogen) atoms. The first-order valence-electron chi connectivity index (χ1n) is 10.8. The summed E-state index contributed by atoms with van der Waals surface area (Å²) in [6.45, 7) is 5.48. The smallest absolute Gasteiger partial charge is 0.416 e. The molecule has 1 aromatic heterocycles. The number of benzene rings is 2. The molecule has 0 aliphatic carbocycles. The molecule has 5 nitrogen and oxygen atoms in total. The minimum Gasteiger partial charge on any atom is -0.484 e. The van der Waals surface area contributed by atoms with Crippen molar-refractivity contribution in [2.24, 2.45) is 5.92 Å². The van der Waals surface area contributed by atoms with E-state index in [1.807, 2.05) is 6.07 Å². The fourth-order valence-electron chi connectivity index (χ4n) is 3.44. The highest BCUT2D eigenvalue weighted by Gasteiger charge is 2.30. The molecule has 1 heterocycles. The van der Waals surface area contributed by atoms with Gasteiger partial charge in [-0.3, -0.25) is 0 Å². The molecule has 2 aromatic carbocycles. The molecule has 0 amide bonds. The largest absolute Gasteiger partial charge is 0.484 e. The van der Waals surface area contributed by atoms with Crippen LogP contribution in [-0.2, 0) is 11.0 Å². The van der Waals surface area contributed by atoms with E-state index >= 15 is 0 Å². The number of hydrogen-bond acceptors (Lipinski definition) is 4. The lowest BCUT2D eigenvalue weighted by molar-refractivity contribution is -0.139. The Morgan fingerprint density at radius 1 is 1.06 bits per heavy atom. The Bertz CT molecular complexity index is 1130. The van der Waals surface area contributed by atoms with Crippen LogP contribution in [0.4, 0.5) is 13.2 Å². The van der Waals surface area contributed by atoms with Crippen LogP contribution in [0.15, 0.2) is 60.7 Å². The lowest BCUT2D eigenvalue weighted by Crippen LogP contribution is -2.13. The number of pyridine rings is 1. The van der Waals surface area contributed by atoms with E-state index < -0.39 is 24.3 Å². The Morgan fingerprint density at radius 2 is 1.76 bits per heavy atom.